The second kappa shape index (κ2) is 12.5. The Morgan fingerprint density at radius 3 is 2.56 bits per heavy atom. The normalized spacial score (nSPS) is 12.4. The van der Waals surface area contributed by atoms with Crippen LogP contribution in [0.1, 0.15) is 25.8 Å². The summed E-state index contributed by atoms with van der Waals surface area (Å²) in [6.45, 7) is 4.19. The molecular formula is C24H35N3O7. The van der Waals surface area contributed by atoms with Crippen molar-refractivity contribution in [3.8, 4) is 0 Å². The number of benzene rings is 1. The zero-order chi connectivity index (χ0) is 25.3. The first-order valence-corrected chi connectivity index (χ1v) is 11.2. The summed E-state index contributed by atoms with van der Waals surface area (Å²) in [5, 5.41) is 25.2. The molecule has 2 rings (SSSR count). The van der Waals surface area contributed by atoms with Gasteiger partial charge in [0.05, 0.1) is 19.6 Å². The Hall–Kier alpha value is -2.95. The predicted octanol–water partition coefficient (Wildman–Crippen LogP) is 0.420. The van der Waals surface area contributed by atoms with Gasteiger partial charge in [-0.2, -0.15) is 0 Å². The van der Waals surface area contributed by atoms with Gasteiger partial charge >= 0.3 is 5.63 Å². The van der Waals surface area contributed by atoms with Crippen molar-refractivity contribution in [3.05, 3.63) is 40.2 Å². The fourth-order valence-electron chi connectivity index (χ4n) is 3.17. The van der Waals surface area contributed by atoms with Crippen LogP contribution in [0.2, 0.25) is 0 Å². The molecule has 0 radical (unpaired) electrons. The van der Waals surface area contributed by atoms with E-state index in [4.69, 9.17) is 9.15 Å². The quantitative estimate of drug-likeness (QED) is 0.240. The molecule has 34 heavy (non-hydrogen) atoms. The number of rotatable bonds is 13. The van der Waals surface area contributed by atoms with E-state index >= 15 is 0 Å². The molecule has 0 aliphatic heterocycles. The summed E-state index contributed by atoms with van der Waals surface area (Å²) in [5.74, 6) is -0.772. The lowest BCUT2D eigenvalue weighted by Gasteiger charge is -2.27. The van der Waals surface area contributed by atoms with Crippen LogP contribution in [-0.4, -0.2) is 75.1 Å². The SMILES string of the molecule is CN(C)c1ccc2c(CC(=O)NCCOCCCNC(=O)[C@H](O)C(C)(C)CO)cc(=O)oc2c1. The number of nitrogens with one attached hydrogen (secondary N) is 2. The number of fused-ring (bicyclic) bond motifs is 1. The highest BCUT2D eigenvalue weighted by atomic mass is 16.5. The molecule has 0 saturated heterocycles. The van der Waals surface area contributed by atoms with Crippen LogP contribution in [0, 0.1) is 5.41 Å². The smallest absolute Gasteiger partial charge is 0.336 e. The lowest BCUT2D eigenvalue weighted by molar-refractivity contribution is -0.137. The van der Waals surface area contributed by atoms with Crippen molar-refractivity contribution in [2.45, 2.75) is 32.8 Å². The van der Waals surface area contributed by atoms with Crippen molar-refractivity contribution in [1.29, 1.82) is 0 Å². The first-order valence-electron chi connectivity index (χ1n) is 11.2. The summed E-state index contributed by atoms with van der Waals surface area (Å²) >= 11 is 0. The number of anilines is 1. The maximum Gasteiger partial charge on any atom is 0.336 e. The molecular weight excluding hydrogens is 442 g/mol. The van der Waals surface area contributed by atoms with Gasteiger partial charge in [0.25, 0.3) is 0 Å². The number of carbonyl (C=O) groups excluding carboxylic acids is 2. The third-order valence-corrected chi connectivity index (χ3v) is 5.41. The Labute approximate surface area is 198 Å². The maximum absolute atomic E-state index is 12.3. The molecule has 10 heteroatoms. The standard InChI is InChI=1S/C24H35N3O7/c1-24(2,15-28)22(31)23(32)26-8-5-10-33-11-9-25-20(29)12-16-13-21(30)34-19-14-17(27(3)4)6-7-18(16)19/h6-7,13-14,22,28,31H,5,8-12,15H2,1-4H3,(H,25,29)(H,26,32)/t22-/m0/s1. The van der Waals surface area contributed by atoms with E-state index in [-0.39, 0.29) is 18.9 Å². The van der Waals surface area contributed by atoms with Crippen molar-refractivity contribution in [2.75, 3.05) is 51.9 Å². The lowest BCUT2D eigenvalue weighted by atomic mass is 9.87. The summed E-state index contributed by atoms with van der Waals surface area (Å²) < 4.78 is 10.7. The van der Waals surface area contributed by atoms with E-state index in [0.717, 1.165) is 5.69 Å². The molecule has 0 aliphatic rings. The van der Waals surface area contributed by atoms with Crippen LogP contribution in [0.4, 0.5) is 5.69 Å². The van der Waals surface area contributed by atoms with E-state index in [1.165, 1.54) is 6.07 Å². The molecule has 0 fully saturated rings. The fourth-order valence-corrected chi connectivity index (χ4v) is 3.17. The van der Waals surface area contributed by atoms with Gasteiger partial charge in [0.15, 0.2) is 0 Å². The monoisotopic (exact) mass is 477 g/mol. The third kappa shape index (κ3) is 7.82. The number of aliphatic hydroxyl groups is 2. The van der Waals surface area contributed by atoms with Crippen LogP contribution in [-0.2, 0) is 20.7 Å². The van der Waals surface area contributed by atoms with Crippen LogP contribution in [0.25, 0.3) is 11.0 Å². The highest BCUT2D eigenvalue weighted by Crippen LogP contribution is 2.23. The number of amides is 2. The zero-order valence-electron chi connectivity index (χ0n) is 20.2. The van der Waals surface area contributed by atoms with Gasteiger partial charge in [-0.05, 0) is 24.1 Å². The first kappa shape index (κ1) is 27.3. The minimum absolute atomic E-state index is 0.0436. The van der Waals surface area contributed by atoms with Crippen LogP contribution < -0.4 is 21.2 Å². The molecule has 0 aliphatic carbocycles. The second-order valence-corrected chi connectivity index (χ2v) is 9.00. The molecule has 2 aromatic rings. The molecule has 1 aromatic carbocycles. The van der Waals surface area contributed by atoms with Crippen molar-refractivity contribution in [2.24, 2.45) is 5.41 Å². The van der Waals surface area contributed by atoms with E-state index in [1.807, 2.05) is 31.1 Å². The van der Waals surface area contributed by atoms with E-state index in [1.54, 1.807) is 19.9 Å². The second-order valence-electron chi connectivity index (χ2n) is 9.00. The minimum atomic E-state index is -1.29. The Bertz CT molecular complexity index is 1030. The molecule has 1 aromatic heterocycles. The topological polar surface area (TPSA) is 141 Å². The number of hydrogen-bond acceptors (Lipinski definition) is 8. The van der Waals surface area contributed by atoms with Crippen LogP contribution in [0.3, 0.4) is 0 Å². The summed E-state index contributed by atoms with van der Waals surface area (Å²) in [6.07, 6.45) is -0.717. The summed E-state index contributed by atoms with van der Waals surface area (Å²) in [5.41, 5.74) is 0.499. The van der Waals surface area contributed by atoms with Gasteiger partial charge < -0.3 is 34.9 Å². The van der Waals surface area contributed by atoms with Gasteiger partial charge in [-0.1, -0.05) is 13.8 Å². The van der Waals surface area contributed by atoms with Crippen molar-refractivity contribution >= 4 is 28.5 Å². The molecule has 0 unspecified atom stereocenters. The number of aliphatic hydroxyl groups excluding tert-OH is 2. The molecule has 0 bridgehead atoms. The van der Waals surface area contributed by atoms with Gasteiger partial charge in [-0.25, -0.2) is 4.79 Å². The molecule has 0 spiro atoms. The van der Waals surface area contributed by atoms with Crippen LogP contribution >= 0.6 is 0 Å². The van der Waals surface area contributed by atoms with Crippen molar-refractivity contribution < 1.29 is 29.0 Å². The maximum atomic E-state index is 12.3. The average Bonchev–Trinajstić information content (AvgIpc) is 2.79. The predicted molar refractivity (Wildman–Crippen MR) is 129 cm³/mol. The highest BCUT2D eigenvalue weighted by Gasteiger charge is 2.32. The first-order chi connectivity index (χ1) is 16.0. The number of nitrogens with zero attached hydrogens (tertiary/aromatic N) is 1. The molecule has 2 amide bonds. The van der Waals surface area contributed by atoms with Gasteiger partial charge in [-0.3, -0.25) is 9.59 Å². The molecule has 1 heterocycles. The molecule has 1 atom stereocenters. The number of carbonyl (C=O) groups is 2. The molecule has 0 saturated carbocycles. The van der Waals surface area contributed by atoms with Gasteiger partial charge in [0.1, 0.15) is 11.7 Å². The summed E-state index contributed by atoms with van der Waals surface area (Å²) in [6, 6.07) is 6.83. The third-order valence-electron chi connectivity index (χ3n) is 5.41. The van der Waals surface area contributed by atoms with Crippen LogP contribution in [0.5, 0.6) is 0 Å². The summed E-state index contributed by atoms with van der Waals surface area (Å²) in [7, 11) is 3.78. The Morgan fingerprint density at radius 1 is 1.15 bits per heavy atom. The Morgan fingerprint density at radius 2 is 1.88 bits per heavy atom. The summed E-state index contributed by atoms with van der Waals surface area (Å²) in [4.78, 5) is 38.0. The van der Waals surface area contributed by atoms with E-state index in [9.17, 15) is 24.6 Å². The Balaban J connectivity index is 1.70. The average molecular weight is 478 g/mol. The van der Waals surface area contributed by atoms with Crippen molar-refractivity contribution in [1.82, 2.24) is 10.6 Å². The van der Waals surface area contributed by atoms with Gasteiger partial charge in [0, 0.05) is 62.4 Å². The van der Waals surface area contributed by atoms with Gasteiger partial charge in [0.2, 0.25) is 11.8 Å². The van der Waals surface area contributed by atoms with Crippen molar-refractivity contribution in [3.63, 3.8) is 0 Å². The van der Waals surface area contributed by atoms with Gasteiger partial charge in [-0.15, -0.1) is 0 Å². The lowest BCUT2D eigenvalue weighted by Crippen LogP contribution is -2.45. The number of hydrogen-bond donors (Lipinski definition) is 4. The zero-order valence-corrected chi connectivity index (χ0v) is 20.2. The van der Waals surface area contributed by atoms with Crippen LogP contribution in [0.15, 0.2) is 33.5 Å². The minimum Gasteiger partial charge on any atom is -0.423 e. The molecule has 4 N–H and O–H groups in total. The number of ether oxygens (including phenoxy) is 1. The van der Waals surface area contributed by atoms with E-state index in [0.29, 0.717) is 49.3 Å². The largest absolute Gasteiger partial charge is 0.423 e. The fraction of sp³-hybridized carbons (Fsp3) is 0.542. The molecule has 188 valence electrons. The highest BCUT2D eigenvalue weighted by molar-refractivity contribution is 5.88. The Kier molecular flexibility index (Phi) is 10.0. The molecule has 10 nitrogen and oxygen atoms in total. The van der Waals surface area contributed by atoms with E-state index < -0.39 is 23.1 Å². The van der Waals surface area contributed by atoms with E-state index in [2.05, 4.69) is 10.6 Å².